The lowest BCUT2D eigenvalue weighted by Gasteiger charge is -2.11. The van der Waals surface area contributed by atoms with Gasteiger partial charge in [-0.15, -0.1) is 0 Å². The predicted molar refractivity (Wildman–Crippen MR) is 70.3 cm³/mol. The van der Waals surface area contributed by atoms with Crippen molar-refractivity contribution in [2.24, 2.45) is 0 Å². The maximum absolute atomic E-state index is 10.2. The first-order valence-corrected chi connectivity index (χ1v) is 6.24. The number of pyridine rings is 1. The van der Waals surface area contributed by atoms with Gasteiger partial charge in [0, 0.05) is 24.9 Å². The summed E-state index contributed by atoms with van der Waals surface area (Å²) in [6.07, 6.45) is 1.75. The Morgan fingerprint density at radius 2 is 2.11 bits per heavy atom. The van der Waals surface area contributed by atoms with Crippen LogP contribution in [0.15, 0.2) is 24.4 Å². The summed E-state index contributed by atoms with van der Waals surface area (Å²) in [5, 5.41) is 14.6. The Balaban J connectivity index is 2.15. The van der Waals surface area contributed by atoms with Crippen LogP contribution in [-0.2, 0) is 13.0 Å². The predicted octanol–water partition coefficient (Wildman–Crippen LogP) is 2.19. The number of aryl methyl sites for hydroxylation is 3. The molecule has 0 aromatic carbocycles. The van der Waals surface area contributed by atoms with Crippen molar-refractivity contribution in [2.45, 2.75) is 39.8 Å². The third-order valence-corrected chi connectivity index (χ3v) is 2.96. The van der Waals surface area contributed by atoms with E-state index >= 15 is 0 Å². The van der Waals surface area contributed by atoms with Gasteiger partial charge in [0.2, 0.25) is 0 Å². The normalized spacial score (nSPS) is 12.7. The highest BCUT2D eigenvalue weighted by Crippen LogP contribution is 2.17. The summed E-state index contributed by atoms with van der Waals surface area (Å²) >= 11 is 0. The molecule has 2 rings (SSSR count). The minimum absolute atomic E-state index is 0.546. The van der Waals surface area contributed by atoms with Crippen LogP contribution in [0.5, 0.6) is 0 Å². The number of hydrogen-bond donors (Lipinski definition) is 1. The fourth-order valence-corrected chi connectivity index (χ4v) is 2.02. The molecule has 1 unspecified atom stereocenters. The Bertz CT molecular complexity index is 516. The molecule has 18 heavy (non-hydrogen) atoms. The van der Waals surface area contributed by atoms with Gasteiger partial charge in [0.05, 0.1) is 11.4 Å². The molecule has 0 amide bonds. The number of hydrogen-bond acceptors (Lipinski definition) is 3. The molecule has 0 fully saturated rings. The second-order valence-electron chi connectivity index (χ2n) is 4.57. The standard InChI is InChI=1S/C14H19N3O/c1-4-17-12(7-11(3)16-17)8-14(18)13-6-5-10(2)9-15-13/h5-7,9,14,18H,4,8H2,1-3H3. The molecule has 0 aliphatic heterocycles. The maximum atomic E-state index is 10.2. The van der Waals surface area contributed by atoms with Crippen LogP contribution in [0, 0.1) is 13.8 Å². The Kier molecular flexibility index (Phi) is 3.77. The van der Waals surface area contributed by atoms with E-state index in [0.717, 1.165) is 23.5 Å². The number of rotatable bonds is 4. The van der Waals surface area contributed by atoms with Crippen LogP contribution in [0.1, 0.15) is 35.7 Å². The largest absolute Gasteiger partial charge is 0.386 e. The van der Waals surface area contributed by atoms with Crippen molar-refractivity contribution in [3.63, 3.8) is 0 Å². The second-order valence-corrected chi connectivity index (χ2v) is 4.57. The molecule has 2 aromatic rings. The van der Waals surface area contributed by atoms with Crippen molar-refractivity contribution in [2.75, 3.05) is 0 Å². The molecule has 96 valence electrons. The van der Waals surface area contributed by atoms with Crippen LogP contribution in [0.4, 0.5) is 0 Å². The first-order chi connectivity index (χ1) is 8.60. The summed E-state index contributed by atoms with van der Waals surface area (Å²) in [5.74, 6) is 0. The molecule has 0 radical (unpaired) electrons. The zero-order chi connectivity index (χ0) is 13.1. The summed E-state index contributed by atoms with van der Waals surface area (Å²) in [5.41, 5.74) is 3.84. The van der Waals surface area contributed by atoms with E-state index in [0.29, 0.717) is 12.1 Å². The van der Waals surface area contributed by atoms with Gasteiger partial charge in [0.15, 0.2) is 0 Å². The molecule has 1 atom stereocenters. The van der Waals surface area contributed by atoms with Gasteiger partial charge in [-0.05, 0) is 38.5 Å². The lowest BCUT2D eigenvalue weighted by Crippen LogP contribution is -2.09. The molecule has 0 bridgehead atoms. The lowest BCUT2D eigenvalue weighted by molar-refractivity contribution is 0.170. The van der Waals surface area contributed by atoms with E-state index in [1.165, 1.54) is 0 Å². The van der Waals surface area contributed by atoms with Gasteiger partial charge in [-0.2, -0.15) is 5.10 Å². The summed E-state index contributed by atoms with van der Waals surface area (Å²) in [6, 6.07) is 5.86. The molecular formula is C14H19N3O. The monoisotopic (exact) mass is 245 g/mol. The van der Waals surface area contributed by atoms with E-state index < -0.39 is 6.10 Å². The lowest BCUT2D eigenvalue weighted by atomic mass is 10.1. The smallest absolute Gasteiger partial charge is 0.101 e. The van der Waals surface area contributed by atoms with Gasteiger partial charge in [-0.25, -0.2) is 0 Å². The van der Waals surface area contributed by atoms with E-state index in [-0.39, 0.29) is 0 Å². The van der Waals surface area contributed by atoms with Gasteiger partial charge in [0.25, 0.3) is 0 Å². The SMILES string of the molecule is CCn1nc(C)cc1CC(O)c1ccc(C)cn1. The molecule has 0 saturated carbocycles. The number of nitrogens with zero attached hydrogens (tertiary/aromatic N) is 3. The van der Waals surface area contributed by atoms with Crippen LogP contribution in [0.25, 0.3) is 0 Å². The molecule has 4 nitrogen and oxygen atoms in total. The van der Waals surface area contributed by atoms with Gasteiger partial charge in [0.1, 0.15) is 6.10 Å². The van der Waals surface area contributed by atoms with Gasteiger partial charge >= 0.3 is 0 Å². The molecule has 0 aliphatic carbocycles. The Morgan fingerprint density at radius 1 is 1.33 bits per heavy atom. The fourth-order valence-electron chi connectivity index (χ4n) is 2.02. The number of aromatic nitrogens is 3. The molecular weight excluding hydrogens is 226 g/mol. The van der Waals surface area contributed by atoms with Crippen LogP contribution in [-0.4, -0.2) is 19.9 Å². The summed E-state index contributed by atoms with van der Waals surface area (Å²) in [7, 11) is 0. The fraction of sp³-hybridized carbons (Fsp3) is 0.429. The topological polar surface area (TPSA) is 50.9 Å². The minimum atomic E-state index is -0.577. The van der Waals surface area contributed by atoms with Crippen LogP contribution in [0.2, 0.25) is 0 Å². The van der Waals surface area contributed by atoms with E-state index in [4.69, 9.17) is 0 Å². The zero-order valence-corrected chi connectivity index (χ0v) is 11.1. The summed E-state index contributed by atoms with van der Waals surface area (Å²) in [6.45, 7) is 6.81. The zero-order valence-electron chi connectivity index (χ0n) is 11.1. The minimum Gasteiger partial charge on any atom is -0.386 e. The van der Waals surface area contributed by atoms with Crippen molar-refractivity contribution in [1.82, 2.24) is 14.8 Å². The van der Waals surface area contributed by atoms with E-state index in [1.54, 1.807) is 6.20 Å². The molecule has 0 aliphatic rings. The molecule has 0 saturated heterocycles. The van der Waals surface area contributed by atoms with Crippen molar-refractivity contribution >= 4 is 0 Å². The quantitative estimate of drug-likeness (QED) is 0.898. The van der Waals surface area contributed by atoms with Crippen LogP contribution in [0.3, 0.4) is 0 Å². The number of aliphatic hydroxyl groups is 1. The molecule has 4 heteroatoms. The van der Waals surface area contributed by atoms with Crippen molar-refractivity contribution in [1.29, 1.82) is 0 Å². The van der Waals surface area contributed by atoms with Gasteiger partial charge in [-0.1, -0.05) is 6.07 Å². The van der Waals surface area contributed by atoms with Gasteiger partial charge < -0.3 is 5.11 Å². The Hall–Kier alpha value is -1.68. The molecule has 0 spiro atoms. The third kappa shape index (κ3) is 2.76. The van der Waals surface area contributed by atoms with Crippen LogP contribution >= 0.6 is 0 Å². The van der Waals surface area contributed by atoms with E-state index in [9.17, 15) is 5.11 Å². The Labute approximate surface area is 107 Å². The van der Waals surface area contributed by atoms with Crippen molar-refractivity contribution < 1.29 is 5.11 Å². The average molecular weight is 245 g/mol. The first-order valence-electron chi connectivity index (χ1n) is 6.24. The van der Waals surface area contributed by atoms with Crippen LogP contribution < -0.4 is 0 Å². The highest BCUT2D eigenvalue weighted by atomic mass is 16.3. The highest BCUT2D eigenvalue weighted by molar-refractivity contribution is 5.17. The average Bonchev–Trinajstić information content (AvgIpc) is 2.70. The number of aliphatic hydroxyl groups excluding tert-OH is 1. The maximum Gasteiger partial charge on any atom is 0.101 e. The molecule has 2 aromatic heterocycles. The highest BCUT2D eigenvalue weighted by Gasteiger charge is 2.13. The molecule has 1 N–H and O–H groups in total. The van der Waals surface area contributed by atoms with E-state index in [2.05, 4.69) is 10.1 Å². The first kappa shape index (κ1) is 12.8. The van der Waals surface area contributed by atoms with Crippen molar-refractivity contribution in [3.8, 4) is 0 Å². The summed E-state index contributed by atoms with van der Waals surface area (Å²) < 4.78 is 1.92. The Morgan fingerprint density at radius 3 is 2.72 bits per heavy atom. The van der Waals surface area contributed by atoms with E-state index in [1.807, 2.05) is 43.7 Å². The molecule has 2 heterocycles. The van der Waals surface area contributed by atoms with Crippen molar-refractivity contribution in [3.05, 3.63) is 47.0 Å². The second kappa shape index (κ2) is 5.31. The van der Waals surface area contributed by atoms with Gasteiger partial charge in [-0.3, -0.25) is 9.67 Å². The summed E-state index contributed by atoms with van der Waals surface area (Å²) in [4.78, 5) is 4.26. The third-order valence-electron chi connectivity index (χ3n) is 2.96.